The maximum atomic E-state index is 10.5. The second-order valence-electron chi connectivity index (χ2n) is 7.16. The second kappa shape index (κ2) is 8.61. The van der Waals surface area contributed by atoms with E-state index in [1.54, 1.807) is 31.4 Å². The molecule has 0 aliphatic carbocycles. The Morgan fingerprint density at radius 3 is 2.81 bits per heavy atom. The van der Waals surface area contributed by atoms with Gasteiger partial charge in [-0.15, -0.1) is 0 Å². The number of nitrogen functional groups attached to an aromatic ring is 1. The smallest absolute Gasteiger partial charge is 0.226 e. The number of benzene rings is 1. The van der Waals surface area contributed by atoms with Gasteiger partial charge < -0.3 is 41.0 Å². The van der Waals surface area contributed by atoms with Gasteiger partial charge >= 0.3 is 0 Å². The Morgan fingerprint density at radius 2 is 2.10 bits per heavy atom. The van der Waals surface area contributed by atoms with E-state index in [1.807, 2.05) is 0 Å². The lowest BCUT2D eigenvalue weighted by Gasteiger charge is -2.17. The third-order valence-electron chi connectivity index (χ3n) is 5.17. The first kappa shape index (κ1) is 21.2. The minimum Gasteiger partial charge on any atom is -0.497 e. The van der Waals surface area contributed by atoms with Crippen LogP contribution in [0, 0.1) is 0 Å². The summed E-state index contributed by atoms with van der Waals surface area (Å²) < 4.78 is 12.1. The zero-order valence-electron chi connectivity index (χ0n) is 16.7. The molecule has 1 unspecified atom stereocenters. The van der Waals surface area contributed by atoms with Crippen LogP contribution in [0.5, 0.6) is 5.75 Å². The van der Waals surface area contributed by atoms with Crippen molar-refractivity contribution in [2.45, 2.75) is 30.6 Å². The van der Waals surface area contributed by atoms with Crippen LogP contribution in [0.4, 0.5) is 11.8 Å². The Bertz CT molecular complexity index is 1060. The zero-order chi connectivity index (χ0) is 22.1. The van der Waals surface area contributed by atoms with E-state index >= 15 is 0 Å². The number of nitrogens with one attached hydrogen (secondary N) is 1. The van der Waals surface area contributed by atoms with Gasteiger partial charge in [-0.1, -0.05) is 12.1 Å². The number of ether oxygens (including phenoxy) is 2. The average molecular weight is 432 g/mol. The van der Waals surface area contributed by atoms with Crippen LogP contribution < -0.4 is 15.8 Å². The Morgan fingerprint density at radius 1 is 1.29 bits per heavy atom. The molecule has 4 rings (SSSR count). The Labute approximate surface area is 176 Å². The van der Waals surface area contributed by atoms with Crippen LogP contribution >= 0.6 is 0 Å². The highest BCUT2D eigenvalue weighted by atomic mass is 16.6. The van der Waals surface area contributed by atoms with Crippen LogP contribution in [0.1, 0.15) is 17.9 Å². The summed E-state index contributed by atoms with van der Waals surface area (Å²) in [4.78, 5) is 12.7. The summed E-state index contributed by atoms with van der Waals surface area (Å²) in [6.45, 7) is -0.354. The first-order valence-electron chi connectivity index (χ1n) is 9.61. The molecule has 1 fully saturated rings. The molecule has 2 aromatic heterocycles. The van der Waals surface area contributed by atoms with Crippen LogP contribution in [0.15, 0.2) is 30.6 Å². The fourth-order valence-electron chi connectivity index (χ4n) is 3.47. The van der Waals surface area contributed by atoms with E-state index in [2.05, 4.69) is 20.3 Å². The van der Waals surface area contributed by atoms with Crippen molar-refractivity contribution in [1.29, 1.82) is 0 Å². The normalized spacial score (nSPS) is 24.4. The summed E-state index contributed by atoms with van der Waals surface area (Å²) in [5, 5.41) is 43.0. The van der Waals surface area contributed by atoms with Gasteiger partial charge in [0.1, 0.15) is 29.6 Å². The lowest BCUT2D eigenvalue weighted by Crippen LogP contribution is -2.33. The van der Waals surface area contributed by atoms with Crippen molar-refractivity contribution in [2.75, 3.05) is 31.3 Å². The summed E-state index contributed by atoms with van der Waals surface area (Å²) >= 11 is 0. The van der Waals surface area contributed by atoms with Crippen molar-refractivity contribution in [1.82, 2.24) is 19.5 Å². The molecule has 31 heavy (non-hydrogen) atoms. The molecule has 5 atom stereocenters. The number of rotatable bonds is 7. The first-order valence-corrected chi connectivity index (χ1v) is 9.61. The fourth-order valence-corrected chi connectivity index (χ4v) is 3.47. The number of imidazole rings is 1. The van der Waals surface area contributed by atoms with Gasteiger partial charge in [-0.2, -0.15) is 9.97 Å². The molecule has 1 aliphatic heterocycles. The van der Waals surface area contributed by atoms with E-state index in [0.29, 0.717) is 11.3 Å². The van der Waals surface area contributed by atoms with Crippen LogP contribution in [0.25, 0.3) is 11.2 Å². The number of nitrogens with two attached hydrogens (primary N) is 1. The van der Waals surface area contributed by atoms with Crippen molar-refractivity contribution in [3.05, 3.63) is 36.2 Å². The van der Waals surface area contributed by atoms with Crippen molar-refractivity contribution < 1.29 is 29.9 Å². The van der Waals surface area contributed by atoms with Gasteiger partial charge in [0.15, 0.2) is 17.7 Å². The number of hydrogen-bond acceptors (Lipinski definition) is 11. The summed E-state index contributed by atoms with van der Waals surface area (Å²) in [6, 6.07) is 7.05. The summed E-state index contributed by atoms with van der Waals surface area (Å²) in [7, 11) is 1.55. The zero-order valence-corrected chi connectivity index (χ0v) is 16.7. The Balaban J connectivity index is 1.56. The number of fused-ring (bicyclic) bond motifs is 1. The molecule has 0 bridgehead atoms. The third kappa shape index (κ3) is 3.98. The molecule has 7 N–H and O–H groups in total. The van der Waals surface area contributed by atoms with Gasteiger partial charge in [0.2, 0.25) is 5.95 Å². The highest BCUT2D eigenvalue weighted by molar-refractivity contribution is 5.83. The monoisotopic (exact) mass is 432 g/mol. The van der Waals surface area contributed by atoms with Crippen molar-refractivity contribution in [2.24, 2.45) is 0 Å². The molecule has 1 aromatic carbocycles. The van der Waals surface area contributed by atoms with E-state index in [9.17, 15) is 20.4 Å². The van der Waals surface area contributed by atoms with Crippen molar-refractivity contribution in [3.63, 3.8) is 0 Å². The highest BCUT2D eigenvalue weighted by Gasteiger charge is 2.44. The molecule has 166 valence electrons. The molecule has 0 spiro atoms. The largest absolute Gasteiger partial charge is 0.497 e. The van der Waals surface area contributed by atoms with E-state index < -0.39 is 37.3 Å². The van der Waals surface area contributed by atoms with Gasteiger partial charge in [0.05, 0.1) is 26.1 Å². The van der Waals surface area contributed by atoms with E-state index in [4.69, 9.17) is 15.2 Å². The SMILES string of the molecule is COc1cccc(C(O)CNc2nc(N)c3ncn([C@@H]4O[C@H](CO)[C@@H](O)[C@H]4O)c3n2)c1. The summed E-state index contributed by atoms with van der Waals surface area (Å²) in [5.74, 6) is 0.857. The number of aliphatic hydroxyl groups is 4. The Hall–Kier alpha value is -3.03. The van der Waals surface area contributed by atoms with Gasteiger partial charge in [-0.05, 0) is 17.7 Å². The number of nitrogens with zero attached hydrogens (tertiary/aromatic N) is 4. The number of aromatic nitrogens is 4. The van der Waals surface area contributed by atoms with E-state index in [0.717, 1.165) is 0 Å². The molecule has 1 aliphatic rings. The number of aliphatic hydroxyl groups excluding tert-OH is 4. The van der Waals surface area contributed by atoms with Crippen LogP contribution in [-0.4, -0.2) is 78.5 Å². The second-order valence-corrected chi connectivity index (χ2v) is 7.16. The minimum absolute atomic E-state index is 0.0915. The fraction of sp³-hybridized carbons (Fsp3) is 0.421. The van der Waals surface area contributed by atoms with E-state index in [1.165, 1.54) is 10.9 Å². The molecule has 12 nitrogen and oxygen atoms in total. The highest BCUT2D eigenvalue weighted by Crippen LogP contribution is 2.32. The number of anilines is 2. The van der Waals surface area contributed by atoms with Crippen LogP contribution in [-0.2, 0) is 4.74 Å². The van der Waals surface area contributed by atoms with Gasteiger partial charge in [0.25, 0.3) is 0 Å². The predicted octanol–water partition coefficient (Wildman–Crippen LogP) is -0.826. The minimum atomic E-state index is -1.29. The third-order valence-corrected chi connectivity index (χ3v) is 5.17. The molecule has 0 amide bonds. The van der Waals surface area contributed by atoms with Gasteiger partial charge in [-0.25, -0.2) is 4.98 Å². The lowest BCUT2D eigenvalue weighted by atomic mass is 10.1. The summed E-state index contributed by atoms with van der Waals surface area (Å²) in [6.07, 6.45) is -4.00. The molecule has 12 heteroatoms. The molecule has 0 saturated carbocycles. The van der Waals surface area contributed by atoms with Gasteiger partial charge in [0, 0.05) is 6.54 Å². The molecule has 3 aromatic rings. The molecule has 3 heterocycles. The van der Waals surface area contributed by atoms with Crippen LogP contribution in [0.3, 0.4) is 0 Å². The van der Waals surface area contributed by atoms with Gasteiger partial charge in [-0.3, -0.25) is 4.57 Å². The maximum Gasteiger partial charge on any atom is 0.226 e. The van der Waals surface area contributed by atoms with E-state index in [-0.39, 0.29) is 29.5 Å². The molecular weight excluding hydrogens is 408 g/mol. The molecular formula is C19H24N6O6. The topological polar surface area (TPSA) is 181 Å². The summed E-state index contributed by atoms with van der Waals surface area (Å²) in [5.41, 5.74) is 7.20. The number of methoxy groups -OCH3 is 1. The predicted molar refractivity (Wildman–Crippen MR) is 109 cm³/mol. The maximum absolute atomic E-state index is 10.5. The van der Waals surface area contributed by atoms with Crippen molar-refractivity contribution >= 4 is 22.9 Å². The lowest BCUT2D eigenvalue weighted by molar-refractivity contribution is -0.0511. The number of hydrogen-bond donors (Lipinski definition) is 6. The quantitative estimate of drug-likeness (QED) is 0.274. The van der Waals surface area contributed by atoms with Crippen molar-refractivity contribution in [3.8, 4) is 5.75 Å². The first-order chi connectivity index (χ1) is 14.9. The Kier molecular flexibility index (Phi) is 5.89. The standard InChI is InChI=1S/C19H24N6O6/c1-30-10-4-2-3-9(5-10)11(27)6-21-19-23-16(20)13-17(24-19)25(8-22-13)18-15(29)14(28)12(7-26)31-18/h2-5,8,11-12,14-15,18,26-29H,6-7H2,1H3,(H3,20,21,23,24)/t11?,12-,14-,15-,18-/m1/s1. The molecule has 1 saturated heterocycles. The van der Waals surface area contributed by atoms with Crippen LogP contribution in [0.2, 0.25) is 0 Å². The average Bonchev–Trinajstić information content (AvgIpc) is 3.33. The molecule has 0 radical (unpaired) electrons.